The second-order valence-electron chi connectivity index (χ2n) is 4.49. The Hall–Kier alpha value is -1.10. The smallest absolute Gasteiger partial charge is 0.237 e. The largest absolute Gasteiger partial charge is 0.370 e. The molecule has 1 atom stereocenters. The summed E-state index contributed by atoms with van der Waals surface area (Å²) in [6.07, 6.45) is 5.92. The highest BCUT2D eigenvalue weighted by Crippen LogP contribution is 2.02. The lowest BCUT2D eigenvalue weighted by molar-refractivity contribution is -0.127. The van der Waals surface area contributed by atoms with Gasteiger partial charge in [-0.05, 0) is 19.9 Å². The maximum atomic E-state index is 11.7. The highest BCUT2D eigenvalue weighted by Gasteiger charge is 2.18. The molecule has 18 heavy (non-hydrogen) atoms. The van der Waals surface area contributed by atoms with Crippen LogP contribution in [0.4, 0.5) is 0 Å². The first-order chi connectivity index (χ1) is 8.61. The number of nitrogens with two attached hydrogens (primary N) is 1. The molecule has 0 radical (unpaired) electrons. The van der Waals surface area contributed by atoms with Crippen molar-refractivity contribution < 1.29 is 9.59 Å². The second-order valence-corrected chi connectivity index (χ2v) is 4.49. The Kier molecular flexibility index (Phi) is 10.3. The van der Waals surface area contributed by atoms with Crippen LogP contribution >= 0.6 is 0 Å². The summed E-state index contributed by atoms with van der Waals surface area (Å²) in [7, 11) is 0. The molecule has 0 fully saturated rings. The lowest BCUT2D eigenvalue weighted by atomic mass is 10.1. The molecule has 0 saturated heterocycles. The van der Waals surface area contributed by atoms with Crippen molar-refractivity contribution in [1.82, 2.24) is 10.6 Å². The fourth-order valence-corrected chi connectivity index (χ4v) is 1.76. The van der Waals surface area contributed by atoms with Crippen molar-refractivity contribution >= 4 is 11.8 Å². The van der Waals surface area contributed by atoms with Crippen LogP contribution in [0.2, 0.25) is 0 Å². The fraction of sp³-hybridized carbons (Fsp3) is 0.846. The van der Waals surface area contributed by atoms with E-state index < -0.39 is 11.9 Å². The van der Waals surface area contributed by atoms with E-state index in [4.69, 9.17) is 5.73 Å². The summed E-state index contributed by atoms with van der Waals surface area (Å²) in [5.41, 5.74) is 5.14. The predicted octanol–water partition coefficient (Wildman–Crippen LogP) is 0.927. The highest BCUT2D eigenvalue weighted by molar-refractivity contribution is 5.87. The van der Waals surface area contributed by atoms with E-state index in [1.54, 1.807) is 0 Å². The lowest BCUT2D eigenvalue weighted by Crippen LogP contribution is -2.46. The van der Waals surface area contributed by atoms with Crippen LogP contribution in [0, 0.1) is 0 Å². The van der Waals surface area contributed by atoms with Gasteiger partial charge in [0.2, 0.25) is 11.8 Å². The Bertz CT molecular complexity index is 244. The second kappa shape index (κ2) is 11.0. The van der Waals surface area contributed by atoms with Crippen molar-refractivity contribution in [1.29, 1.82) is 0 Å². The third-order valence-corrected chi connectivity index (χ3v) is 2.74. The van der Waals surface area contributed by atoms with Gasteiger partial charge in [-0.25, -0.2) is 0 Å². The normalized spacial score (nSPS) is 12.1. The summed E-state index contributed by atoms with van der Waals surface area (Å²) in [5, 5.41) is 5.80. The van der Waals surface area contributed by atoms with Crippen LogP contribution in [-0.2, 0) is 9.59 Å². The molecule has 0 aromatic carbocycles. The molecule has 5 nitrogen and oxygen atoms in total. The van der Waals surface area contributed by atoms with Crippen LogP contribution in [-0.4, -0.2) is 30.9 Å². The Balaban J connectivity index is 3.86. The Morgan fingerprint density at radius 1 is 1.11 bits per heavy atom. The summed E-state index contributed by atoms with van der Waals surface area (Å²) >= 11 is 0. The van der Waals surface area contributed by atoms with Crippen molar-refractivity contribution in [2.45, 2.75) is 58.4 Å². The zero-order valence-corrected chi connectivity index (χ0v) is 11.6. The van der Waals surface area contributed by atoms with Crippen molar-refractivity contribution in [3.05, 3.63) is 0 Å². The fourth-order valence-electron chi connectivity index (χ4n) is 1.76. The van der Waals surface area contributed by atoms with E-state index >= 15 is 0 Å². The molecule has 2 amide bonds. The molecular formula is C13H27N3O2. The molecule has 0 heterocycles. The van der Waals surface area contributed by atoms with Gasteiger partial charge in [0.25, 0.3) is 0 Å². The summed E-state index contributed by atoms with van der Waals surface area (Å²) < 4.78 is 0. The van der Waals surface area contributed by atoms with Crippen molar-refractivity contribution in [2.75, 3.05) is 13.1 Å². The molecule has 0 saturated carbocycles. The molecule has 0 aliphatic heterocycles. The maximum absolute atomic E-state index is 11.7. The Morgan fingerprint density at radius 3 is 2.33 bits per heavy atom. The minimum absolute atomic E-state index is 0.0563. The number of unbranched alkanes of at least 4 members (excludes halogenated alkanes) is 4. The minimum Gasteiger partial charge on any atom is -0.370 e. The van der Waals surface area contributed by atoms with Gasteiger partial charge in [-0.15, -0.1) is 0 Å². The Labute approximate surface area is 110 Å². The standard InChI is InChI=1S/C13H27N3O2/c1-3-5-6-7-8-9-16-11(10-12(14)17)13(18)15-4-2/h11,16H,3-10H2,1-2H3,(H2,14,17)(H,15,18). The van der Waals surface area contributed by atoms with Gasteiger partial charge >= 0.3 is 0 Å². The summed E-state index contributed by atoms with van der Waals surface area (Å²) in [6.45, 7) is 5.34. The minimum atomic E-state index is -0.492. The molecule has 4 N–H and O–H groups in total. The number of rotatable bonds is 11. The number of primary amides is 1. The van der Waals surface area contributed by atoms with Crippen LogP contribution < -0.4 is 16.4 Å². The zero-order valence-electron chi connectivity index (χ0n) is 11.6. The van der Waals surface area contributed by atoms with Gasteiger partial charge in [0.1, 0.15) is 0 Å². The number of hydrogen-bond donors (Lipinski definition) is 3. The van der Waals surface area contributed by atoms with E-state index in [1.807, 2.05) is 6.92 Å². The molecular weight excluding hydrogens is 230 g/mol. The number of nitrogens with one attached hydrogen (secondary N) is 2. The van der Waals surface area contributed by atoms with Crippen molar-refractivity contribution in [3.63, 3.8) is 0 Å². The average Bonchev–Trinajstić information content (AvgIpc) is 2.32. The third kappa shape index (κ3) is 8.98. The molecule has 0 spiro atoms. The lowest BCUT2D eigenvalue weighted by Gasteiger charge is -2.16. The monoisotopic (exact) mass is 257 g/mol. The molecule has 0 aromatic rings. The number of likely N-dealkylation sites (N-methyl/N-ethyl adjacent to an activating group) is 1. The molecule has 0 rings (SSSR count). The maximum Gasteiger partial charge on any atom is 0.237 e. The zero-order chi connectivity index (χ0) is 13.8. The van der Waals surface area contributed by atoms with Crippen molar-refractivity contribution in [3.8, 4) is 0 Å². The topological polar surface area (TPSA) is 84.2 Å². The Morgan fingerprint density at radius 2 is 1.78 bits per heavy atom. The first kappa shape index (κ1) is 16.9. The van der Waals surface area contributed by atoms with Gasteiger partial charge in [-0.1, -0.05) is 32.6 Å². The van der Waals surface area contributed by atoms with Gasteiger partial charge < -0.3 is 16.4 Å². The number of carbonyl (C=O) groups is 2. The van der Waals surface area contributed by atoms with Gasteiger partial charge in [0.15, 0.2) is 0 Å². The van der Waals surface area contributed by atoms with Crippen LogP contribution in [0.3, 0.4) is 0 Å². The average molecular weight is 257 g/mol. The highest BCUT2D eigenvalue weighted by atomic mass is 16.2. The van der Waals surface area contributed by atoms with Crippen LogP contribution in [0.5, 0.6) is 0 Å². The molecule has 5 heteroatoms. The van der Waals surface area contributed by atoms with Crippen LogP contribution in [0.25, 0.3) is 0 Å². The van der Waals surface area contributed by atoms with Gasteiger partial charge in [0, 0.05) is 6.54 Å². The van der Waals surface area contributed by atoms with Crippen molar-refractivity contribution in [2.24, 2.45) is 5.73 Å². The summed E-state index contributed by atoms with van der Waals surface area (Å²) in [5.74, 6) is -0.602. The molecule has 0 aliphatic rings. The molecule has 0 bridgehead atoms. The molecule has 106 valence electrons. The first-order valence-corrected chi connectivity index (χ1v) is 6.91. The van der Waals surface area contributed by atoms with E-state index in [2.05, 4.69) is 17.6 Å². The van der Waals surface area contributed by atoms with E-state index in [0.29, 0.717) is 6.54 Å². The summed E-state index contributed by atoms with van der Waals surface area (Å²) in [4.78, 5) is 22.6. The third-order valence-electron chi connectivity index (χ3n) is 2.74. The van der Waals surface area contributed by atoms with E-state index in [0.717, 1.165) is 19.4 Å². The quantitative estimate of drug-likeness (QED) is 0.481. The number of hydrogen-bond acceptors (Lipinski definition) is 3. The van der Waals surface area contributed by atoms with Gasteiger partial charge in [0.05, 0.1) is 12.5 Å². The van der Waals surface area contributed by atoms with Gasteiger partial charge in [-0.3, -0.25) is 9.59 Å². The number of amides is 2. The molecule has 0 aliphatic carbocycles. The molecule has 1 unspecified atom stereocenters. The van der Waals surface area contributed by atoms with Gasteiger partial charge in [-0.2, -0.15) is 0 Å². The van der Waals surface area contributed by atoms with E-state index in [-0.39, 0.29) is 12.3 Å². The predicted molar refractivity (Wildman–Crippen MR) is 73.0 cm³/mol. The summed E-state index contributed by atoms with van der Waals surface area (Å²) in [6, 6.07) is -0.492. The number of carbonyl (C=O) groups excluding carboxylic acids is 2. The van der Waals surface area contributed by atoms with E-state index in [1.165, 1.54) is 19.3 Å². The SMILES string of the molecule is CCCCCCCNC(CC(N)=O)C(=O)NCC. The van der Waals surface area contributed by atoms with Crippen LogP contribution in [0.1, 0.15) is 52.4 Å². The molecule has 0 aromatic heterocycles. The first-order valence-electron chi connectivity index (χ1n) is 6.91. The van der Waals surface area contributed by atoms with Crippen LogP contribution in [0.15, 0.2) is 0 Å². The van der Waals surface area contributed by atoms with E-state index in [9.17, 15) is 9.59 Å².